The minimum absolute atomic E-state index is 0.431. The molecular weight excluding hydrogens is 394 g/mol. The highest BCUT2D eigenvalue weighted by atomic mass is 32.1. The number of pyridine rings is 2. The number of hydrogen-bond donors (Lipinski definition) is 1. The normalized spacial score (nSPS) is 10.8. The molecule has 0 aliphatic heterocycles. The molecule has 0 bridgehead atoms. The van der Waals surface area contributed by atoms with Crippen molar-refractivity contribution >= 4 is 34.9 Å². The third-order valence-corrected chi connectivity index (χ3v) is 4.82. The van der Waals surface area contributed by atoms with Crippen LogP contribution >= 0.6 is 12.2 Å². The van der Waals surface area contributed by atoms with E-state index in [-0.39, 0.29) is 0 Å². The number of fused-ring (bicyclic) bond motifs is 1. The Morgan fingerprint density at radius 1 is 1.17 bits per heavy atom. The number of benzene rings is 1. The predicted octanol–water partition coefficient (Wildman–Crippen LogP) is 3.93. The van der Waals surface area contributed by atoms with Crippen LogP contribution in [-0.4, -0.2) is 37.8 Å². The summed E-state index contributed by atoms with van der Waals surface area (Å²) in [4.78, 5) is 8.60. The van der Waals surface area contributed by atoms with E-state index < -0.39 is 0 Å². The van der Waals surface area contributed by atoms with Crippen LogP contribution in [0.1, 0.15) is 11.3 Å². The molecule has 0 fully saturated rings. The van der Waals surface area contributed by atoms with Crippen molar-refractivity contribution in [1.82, 2.24) is 19.4 Å². The Hall–Kier alpha value is -4.09. The zero-order valence-electron chi connectivity index (χ0n) is 16.1. The molecule has 0 saturated carbocycles. The first-order valence-corrected chi connectivity index (χ1v) is 9.51. The predicted molar refractivity (Wildman–Crippen MR) is 121 cm³/mol. The molecule has 0 amide bonds. The van der Waals surface area contributed by atoms with Crippen LogP contribution in [-0.2, 0) is 0 Å². The van der Waals surface area contributed by atoms with Crippen LogP contribution in [0.25, 0.3) is 16.8 Å². The summed E-state index contributed by atoms with van der Waals surface area (Å²) in [5, 5.41) is 18.4. The van der Waals surface area contributed by atoms with Crippen molar-refractivity contribution in [3.05, 3.63) is 84.6 Å². The molecule has 0 aliphatic carbocycles. The van der Waals surface area contributed by atoms with Crippen LogP contribution in [0.15, 0.2) is 78.4 Å². The van der Waals surface area contributed by atoms with Crippen LogP contribution in [0.5, 0.6) is 0 Å². The highest BCUT2D eigenvalue weighted by Gasteiger charge is 2.06. The zero-order chi connectivity index (χ0) is 20.9. The summed E-state index contributed by atoms with van der Waals surface area (Å²) in [6.07, 6.45) is 9.06. The maximum atomic E-state index is 8.88. The van der Waals surface area contributed by atoms with E-state index in [1.807, 2.05) is 41.1 Å². The summed E-state index contributed by atoms with van der Waals surface area (Å²) in [6.45, 7) is 0. The van der Waals surface area contributed by atoms with Gasteiger partial charge < -0.3 is 5.32 Å². The molecule has 1 N–H and O–H groups in total. The summed E-state index contributed by atoms with van der Waals surface area (Å²) in [5.41, 5.74) is 5.09. The van der Waals surface area contributed by atoms with Crippen molar-refractivity contribution < 1.29 is 0 Å². The fourth-order valence-electron chi connectivity index (χ4n) is 2.83. The molecule has 7 nitrogen and oxygen atoms in total. The number of aromatic nitrogens is 3. The fourth-order valence-corrected chi connectivity index (χ4v) is 2.99. The first-order valence-electron chi connectivity index (χ1n) is 9.10. The van der Waals surface area contributed by atoms with Gasteiger partial charge in [-0.3, -0.25) is 9.38 Å². The Labute approximate surface area is 178 Å². The standard InChI is InChI=1S/C22H17N7S/c1-28(22(30)27-19-7-4-16(11-23)5-8-19)26-14-20-13-25-21-9-6-18(15-29(20)21)17-3-2-10-24-12-17/h2-10,12-15H,1H3,(H,27,30). The number of imidazole rings is 1. The van der Waals surface area contributed by atoms with Gasteiger partial charge in [-0.05, 0) is 54.7 Å². The lowest BCUT2D eigenvalue weighted by molar-refractivity contribution is 0.556. The number of nitriles is 1. The van der Waals surface area contributed by atoms with Gasteiger partial charge in [0.05, 0.1) is 29.7 Å². The van der Waals surface area contributed by atoms with Crippen molar-refractivity contribution in [1.29, 1.82) is 5.26 Å². The average Bonchev–Trinajstić information content (AvgIpc) is 3.20. The largest absolute Gasteiger partial charge is 0.331 e. The summed E-state index contributed by atoms with van der Waals surface area (Å²) in [5.74, 6) is 0. The molecule has 0 spiro atoms. The van der Waals surface area contributed by atoms with E-state index in [0.29, 0.717) is 10.7 Å². The molecule has 8 heteroatoms. The van der Waals surface area contributed by atoms with Gasteiger partial charge in [0.1, 0.15) is 5.65 Å². The van der Waals surface area contributed by atoms with Crippen molar-refractivity contribution in [3.8, 4) is 17.2 Å². The van der Waals surface area contributed by atoms with E-state index >= 15 is 0 Å². The van der Waals surface area contributed by atoms with Crippen LogP contribution in [0.3, 0.4) is 0 Å². The average molecular weight is 411 g/mol. The number of rotatable bonds is 4. The Morgan fingerprint density at radius 2 is 2.00 bits per heavy atom. The lowest BCUT2D eigenvalue weighted by Crippen LogP contribution is -2.26. The Kier molecular flexibility index (Phi) is 5.46. The maximum Gasteiger partial charge on any atom is 0.193 e. The zero-order valence-corrected chi connectivity index (χ0v) is 16.9. The Balaban J connectivity index is 1.51. The van der Waals surface area contributed by atoms with Gasteiger partial charge in [0.15, 0.2) is 5.11 Å². The molecule has 0 unspecified atom stereocenters. The molecule has 146 valence electrons. The van der Waals surface area contributed by atoms with E-state index in [2.05, 4.69) is 26.5 Å². The van der Waals surface area contributed by atoms with Crippen LogP contribution in [0.2, 0.25) is 0 Å². The molecule has 1 aromatic carbocycles. The molecule has 0 saturated heterocycles. The summed E-state index contributed by atoms with van der Waals surface area (Å²) in [6, 6.07) is 17.0. The van der Waals surface area contributed by atoms with Crippen molar-refractivity contribution in [2.24, 2.45) is 5.10 Å². The van der Waals surface area contributed by atoms with Crippen molar-refractivity contribution in [2.75, 3.05) is 12.4 Å². The van der Waals surface area contributed by atoms with Gasteiger partial charge in [-0.15, -0.1) is 0 Å². The number of nitrogens with zero attached hydrogens (tertiary/aromatic N) is 6. The number of nitrogens with one attached hydrogen (secondary N) is 1. The molecule has 0 aliphatic rings. The Morgan fingerprint density at radius 3 is 2.73 bits per heavy atom. The van der Waals surface area contributed by atoms with E-state index in [4.69, 9.17) is 17.5 Å². The maximum absolute atomic E-state index is 8.88. The quantitative estimate of drug-likeness (QED) is 0.311. The monoisotopic (exact) mass is 411 g/mol. The van der Waals surface area contributed by atoms with Gasteiger partial charge in [0, 0.05) is 42.5 Å². The van der Waals surface area contributed by atoms with Gasteiger partial charge in [0.2, 0.25) is 0 Å². The molecule has 3 aromatic heterocycles. The minimum atomic E-state index is 0.431. The van der Waals surface area contributed by atoms with Gasteiger partial charge in [-0.2, -0.15) is 10.4 Å². The van der Waals surface area contributed by atoms with Crippen LogP contribution < -0.4 is 5.32 Å². The van der Waals surface area contributed by atoms with E-state index in [0.717, 1.165) is 28.2 Å². The van der Waals surface area contributed by atoms with E-state index in [9.17, 15) is 0 Å². The molecular formula is C22H17N7S. The SMILES string of the molecule is CN(N=Cc1cnc2ccc(-c3cccnc3)cn12)C(=S)Nc1ccc(C#N)cc1. The second-order valence-corrected chi connectivity index (χ2v) is 6.84. The second-order valence-electron chi connectivity index (χ2n) is 6.46. The third kappa shape index (κ3) is 4.16. The van der Waals surface area contributed by atoms with Gasteiger partial charge in [-0.25, -0.2) is 9.99 Å². The number of hydrazone groups is 1. The second kappa shape index (κ2) is 8.51. The lowest BCUT2D eigenvalue weighted by Gasteiger charge is -2.15. The molecule has 4 aromatic rings. The minimum Gasteiger partial charge on any atom is -0.331 e. The molecule has 0 radical (unpaired) electrons. The van der Waals surface area contributed by atoms with Crippen LogP contribution in [0, 0.1) is 11.3 Å². The van der Waals surface area contributed by atoms with Crippen molar-refractivity contribution in [2.45, 2.75) is 0 Å². The first kappa shape index (κ1) is 19.2. The molecule has 4 rings (SSSR count). The van der Waals surface area contributed by atoms with Gasteiger partial charge in [0.25, 0.3) is 0 Å². The number of hydrogen-bond acceptors (Lipinski definition) is 5. The third-order valence-electron chi connectivity index (χ3n) is 4.45. The van der Waals surface area contributed by atoms with Gasteiger partial charge >= 0.3 is 0 Å². The smallest absolute Gasteiger partial charge is 0.193 e. The summed E-state index contributed by atoms with van der Waals surface area (Å²) >= 11 is 5.40. The summed E-state index contributed by atoms with van der Waals surface area (Å²) in [7, 11) is 1.76. The van der Waals surface area contributed by atoms with E-state index in [1.54, 1.807) is 54.9 Å². The topological polar surface area (TPSA) is 81.6 Å². The van der Waals surface area contributed by atoms with Crippen LogP contribution in [0.4, 0.5) is 5.69 Å². The van der Waals surface area contributed by atoms with Crippen molar-refractivity contribution in [3.63, 3.8) is 0 Å². The highest BCUT2D eigenvalue weighted by molar-refractivity contribution is 7.80. The fraction of sp³-hybridized carbons (Fsp3) is 0.0455. The van der Waals surface area contributed by atoms with E-state index in [1.165, 1.54) is 0 Å². The summed E-state index contributed by atoms with van der Waals surface area (Å²) < 4.78 is 1.97. The number of anilines is 1. The molecule has 3 heterocycles. The lowest BCUT2D eigenvalue weighted by atomic mass is 10.1. The van der Waals surface area contributed by atoms with Gasteiger partial charge in [-0.1, -0.05) is 6.07 Å². The molecule has 30 heavy (non-hydrogen) atoms. The number of thiocarbonyl (C=S) groups is 1. The molecule has 0 atom stereocenters. The Bertz CT molecular complexity index is 1250. The first-order chi connectivity index (χ1) is 14.6. The highest BCUT2D eigenvalue weighted by Crippen LogP contribution is 2.19.